The van der Waals surface area contributed by atoms with Gasteiger partial charge in [0.05, 0.1) is 23.3 Å². The number of pyridine rings is 1. The first-order chi connectivity index (χ1) is 27.0. The first kappa shape index (κ1) is 41.1. The van der Waals surface area contributed by atoms with Crippen LogP contribution in [0.25, 0.3) is 32.9 Å². The van der Waals surface area contributed by atoms with Gasteiger partial charge in [-0.3, -0.25) is 4.90 Å². The van der Waals surface area contributed by atoms with Crippen molar-refractivity contribution in [1.29, 1.82) is 0 Å². The lowest BCUT2D eigenvalue weighted by molar-refractivity contribution is 0.107. The maximum absolute atomic E-state index is 17.7. The number of aromatic nitrogens is 3. The summed E-state index contributed by atoms with van der Waals surface area (Å²) in [6.07, 6.45) is 1.30. The second-order valence-corrected chi connectivity index (χ2v) is 23.1. The highest BCUT2D eigenvalue weighted by molar-refractivity contribution is 6.90. The summed E-state index contributed by atoms with van der Waals surface area (Å²) < 4.78 is 61.2. The monoisotopic (exact) mass is 803 g/mol. The van der Waals surface area contributed by atoms with Crippen molar-refractivity contribution in [2.45, 2.75) is 128 Å². The number of benzene rings is 2. The summed E-state index contributed by atoms with van der Waals surface area (Å²) >= 11 is 0. The first-order valence-electron chi connectivity index (χ1n) is 20.6. The molecule has 5 heterocycles. The minimum absolute atomic E-state index is 0.0426. The molecule has 3 saturated heterocycles. The van der Waals surface area contributed by atoms with Crippen LogP contribution in [0.3, 0.4) is 0 Å². The number of ether oxygens (including phenoxy) is 2. The van der Waals surface area contributed by atoms with E-state index in [1.54, 1.807) is 6.07 Å². The van der Waals surface area contributed by atoms with Gasteiger partial charge in [0.1, 0.15) is 54.8 Å². The van der Waals surface area contributed by atoms with Crippen LogP contribution < -0.4 is 14.4 Å². The maximum atomic E-state index is 17.7. The summed E-state index contributed by atoms with van der Waals surface area (Å²) in [6, 6.07) is 5.67. The number of halogens is 3. The van der Waals surface area contributed by atoms with Crippen LogP contribution in [-0.4, -0.2) is 94.8 Å². The zero-order valence-corrected chi connectivity index (χ0v) is 35.4. The molecule has 3 aliphatic rings. The minimum Gasteiger partial charge on any atom is -0.508 e. The van der Waals surface area contributed by atoms with Crippen LogP contribution in [0.4, 0.5) is 19.0 Å². The molecule has 0 spiro atoms. The van der Waals surface area contributed by atoms with Gasteiger partial charge in [0.2, 0.25) is 5.88 Å². The number of β-amino-alcohol motifs (C(OH)–C–C–N with tert-alkyl or cyclic N) is 1. The van der Waals surface area contributed by atoms with E-state index in [2.05, 4.69) is 62.9 Å². The molecule has 3 aliphatic heterocycles. The number of nitrogens with zero attached hydrogens (tertiary/aromatic N) is 5. The van der Waals surface area contributed by atoms with E-state index >= 15 is 8.78 Å². The summed E-state index contributed by atoms with van der Waals surface area (Å²) in [5.74, 6) is 2.04. The van der Waals surface area contributed by atoms with Crippen LogP contribution in [0.15, 0.2) is 24.3 Å². The fraction of sp³-hybridized carbons (Fsp3) is 0.568. The van der Waals surface area contributed by atoms with Crippen LogP contribution in [-0.2, 0) is 0 Å². The molecular weight excluding hydrogens is 748 g/mol. The zero-order chi connectivity index (χ0) is 41.0. The minimum atomic E-state index is -2.33. The van der Waals surface area contributed by atoms with Gasteiger partial charge in [0, 0.05) is 37.0 Å². The lowest BCUT2D eigenvalue weighted by Crippen LogP contribution is -2.43. The molecule has 0 bridgehead atoms. The molecule has 2 aromatic carbocycles. The van der Waals surface area contributed by atoms with E-state index in [4.69, 9.17) is 19.4 Å². The van der Waals surface area contributed by atoms with Gasteiger partial charge < -0.3 is 24.6 Å². The number of rotatable bonds is 10. The molecule has 7 rings (SSSR count). The van der Waals surface area contributed by atoms with E-state index in [0.717, 1.165) is 19.4 Å². The molecule has 9 nitrogen and oxygen atoms in total. The van der Waals surface area contributed by atoms with Crippen LogP contribution in [0.1, 0.15) is 93.1 Å². The molecule has 13 heteroatoms. The molecule has 4 aromatic rings. The van der Waals surface area contributed by atoms with E-state index in [1.165, 1.54) is 18.2 Å². The molecule has 3 atom stereocenters. The highest BCUT2D eigenvalue weighted by atomic mass is 28.3. The second-order valence-electron chi connectivity index (χ2n) is 17.6. The zero-order valence-electron chi connectivity index (χ0n) is 34.4. The molecule has 306 valence electrons. The topological polar surface area (TPSA) is 104 Å². The van der Waals surface area contributed by atoms with E-state index in [1.807, 2.05) is 18.7 Å². The third-order valence-electron chi connectivity index (χ3n) is 12.6. The van der Waals surface area contributed by atoms with Crippen molar-refractivity contribution < 1.29 is 32.9 Å². The summed E-state index contributed by atoms with van der Waals surface area (Å²) in [4.78, 5) is 18.3. The third kappa shape index (κ3) is 7.53. The van der Waals surface area contributed by atoms with Crippen molar-refractivity contribution >= 4 is 35.6 Å². The Kier molecular flexibility index (Phi) is 11.5. The Morgan fingerprint density at radius 1 is 0.947 bits per heavy atom. The molecular formula is C44H56F3N5O4Si. The van der Waals surface area contributed by atoms with Crippen molar-refractivity contribution in [2.24, 2.45) is 0 Å². The Morgan fingerprint density at radius 3 is 2.37 bits per heavy atom. The van der Waals surface area contributed by atoms with E-state index in [0.29, 0.717) is 48.9 Å². The standard InChI is InChI=1S/C44H56F3N5O4Si/c1-25(2)56-42-37-40(49-43(50-41(37)51-16-9-11-31(53)23-51)55-24-44-15-10-17-52(44)22-30(45)21-44)38(47)39(48-42)34-20-32(54)19-29-12-13-35(46)33(36(29)34)14-18-57(26(3)4,27(5)6)28(7)8/h12-13,19-20,25-28,30-31,53-54H,9-11,15-17,21-24H2,1-8H3/t30-,31-,44+/m1/s1. The molecule has 2 aromatic heterocycles. The van der Waals surface area contributed by atoms with Crippen molar-refractivity contribution in [3.8, 4) is 40.4 Å². The van der Waals surface area contributed by atoms with Gasteiger partial charge in [0.25, 0.3) is 0 Å². The lowest BCUT2D eigenvalue weighted by atomic mass is 9.95. The summed E-state index contributed by atoms with van der Waals surface area (Å²) in [5, 5.41) is 22.8. The highest BCUT2D eigenvalue weighted by Gasteiger charge is 2.49. The lowest BCUT2D eigenvalue weighted by Gasteiger charge is -2.38. The normalized spacial score (nSPS) is 21.6. The van der Waals surface area contributed by atoms with Gasteiger partial charge in [-0.05, 0) is 86.3 Å². The van der Waals surface area contributed by atoms with Gasteiger partial charge in [-0.1, -0.05) is 53.5 Å². The second kappa shape index (κ2) is 15.9. The Bertz CT molecular complexity index is 2200. The fourth-order valence-corrected chi connectivity index (χ4v) is 15.2. The number of aliphatic hydroxyl groups is 1. The van der Waals surface area contributed by atoms with Crippen LogP contribution in [0, 0.1) is 23.1 Å². The van der Waals surface area contributed by atoms with Crippen molar-refractivity contribution in [1.82, 2.24) is 19.9 Å². The van der Waals surface area contributed by atoms with Crippen molar-refractivity contribution in [3.63, 3.8) is 0 Å². The average Bonchev–Trinajstić information content (AvgIpc) is 3.67. The van der Waals surface area contributed by atoms with Crippen molar-refractivity contribution in [3.05, 3.63) is 41.5 Å². The molecule has 2 N–H and O–H groups in total. The van der Waals surface area contributed by atoms with Crippen LogP contribution in [0.5, 0.6) is 17.6 Å². The molecule has 0 saturated carbocycles. The summed E-state index contributed by atoms with van der Waals surface area (Å²) in [5.41, 5.74) is 3.87. The summed E-state index contributed by atoms with van der Waals surface area (Å²) in [6.45, 7) is 18.8. The predicted octanol–water partition coefficient (Wildman–Crippen LogP) is 9.10. The molecule has 0 unspecified atom stereocenters. The Balaban J connectivity index is 1.48. The van der Waals surface area contributed by atoms with Gasteiger partial charge in [-0.25, -0.2) is 18.2 Å². The van der Waals surface area contributed by atoms with Gasteiger partial charge in [-0.15, -0.1) is 5.54 Å². The van der Waals surface area contributed by atoms with Crippen LogP contribution >= 0.6 is 0 Å². The number of hydrogen-bond donors (Lipinski definition) is 2. The number of hydrogen-bond acceptors (Lipinski definition) is 9. The largest absolute Gasteiger partial charge is 0.508 e. The highest BCUT2D eigenvalue weighted by Crippen LogP contribution is 2.45. The SMILES string of the molecule is CC(C)Oc1nc(-c2cc(O)cc3ccc(F)c(C#C[Si](C(C)C)(C(C)C)C(C)C)c23)c(F)c2nc(OC[C@@]34CCCN3C[C@H](F)C4)nc(N3CCC[C@@H](O)C3)c12. The van der Waals surface area contributed by atoms with E-state index in [9.17, 15) is 14.6 Å². The number of piperidine rings is 1. The number of aromatic hydroxyl groups is 1. The molecule has 0 aliphatic carbocycles. The predicted molar refractivity (Wildman–Crippen MR) is 222 cm³/mol. The number of alkyl halides is 1. The van der Waals surface area contributed by atoms with Crippen LogP contribution in [0.2, 0.25) is 16.6 Å². The smallest absolute Gasteiger partial charge is 0.319 e. The molecule has 0 amide bonds. The van der Waals surface area contributed by atoms with Gasteiger partial charge in [-0.2, -0.15) is 9.97 Å². The first-order valence-corrected chi connectivity index (χ1v) is 22.8. The van der Waals surface area contributed by atoms with E-state index < -0.39 is 43.6 Å². The number of aliphatic hydroxyl groups excluding tert-OH is 1. The number of anilines is 1. The quantitative estimate of drug-likeness (QED) is 0.120. The number of phenolic OH excluding ortho intramolecular Hbond substituents is 1. The van der Waals surface area contributed by atoms with E-state index in [-0.39, 0.29) is 75.1 Å². The van der Waals surface area contributed by atoms with Gasteiger partial charge >= 0.3 is 6.01 Å². The summed E-state index contributed by atoms with van der Waals surface area (Å²) in [7, 11) is -2.33. The third-order valence-corrected chi connectivity index (χ3v) is 18.9. The Morgan fingerprint density at radius 2 is 1.68 bits per heavy atom. The molecule has 57 heavy (non-hydrogen) atoms. The molecule has 3 fully saturated rings. The number of phenols is 1. The fourth-order valence-electron chi connectivity index (χ4n) is 10.0. The van der Waals surface area contributed by atoms with Gasteiger partial charge in [0.15, 0.2) is 5.82 Å². The molecule has 0 radical (unpaired) electrons. The Hall–Kier alpha value is -4.12. The Labute approximate surface area is 335 Å². The van der Waals surface area contributed by atoms with Crippen molar-refractivity contribution in [2.75, 3.05) is 37.7 Å². The number of fused-ring (bicyclic) bond motifs is 3. The average molecular weight is 804 g/mol. The maximum Gasteiger partial charge on any atom is 0.319 e.